The van der Waals surface area contributed by atoms with Gasteiger partial charge in [-0.05, 0) is 24.3 Å². The first-order valence-corrected chi connectivity index (χ1v) is 9.45. The fourth-order valence-electron chi connectivity index (χ4n) is 2.61. The molecular weight excluding hydrogens is 424 g/mol. The standard InChI is InChI=1S/C22H19ClN2O6/c1-28-19-11-17(20(29-2)10-16(19)23)25-21(26)13-30-22(27)15-7-3-4-8-18(15)31-14-6-5-9-24-12-14/h3-12H,13H2,1-2H3,(H,25,26). The molecule has 160 valence electrons. The molecule has 0 aliphatic carbocycles. The van der Waals surface area contributed by atoms with Gasteiger partial charge in [-0.3, -0.25) is 9.78 Å². The van der Waals surface area contributed by atoms with Gasteiger partial charge in [0.15, 0.2) is 6.61 Å². The summed E-state index contributed by atoms with van der Waals surface area (Å²) >= 11 is 6.06. The molecule has 0 unspecified atom stereocenters. The first kappa shape index (κ1) is 21.9. The van der Waals surface area contributed by atoms with Crippen molar-refractivity contribution in [3.63, 3.8) is 0 Å². The molecule has 31 heavy (non-hydrogen) atoms. The summed E-state index contributed by atoms with van der Waals surface area (Å²) in [5.74, 6) is 0.156. The molecular formula is C22H19ClN2O6. The van der Waals surface area contributed by atoms with Crippen LogP contribution in [0.2, 0.25) is 5.02 Å². The Labute approximate surface area is 183 Å². The summed E-state index contributed by atoms with van der Waals surface area (Å²) in [5, 5.41) is 2.93. The van der Waals surface area contributed by atoms with Crippen LogP contribution in [-0.4, -0.2) is 37.7 Å². The van der Waals surface area contributed by atoms with Crippen molar-refractivity contribution in [3.05, 3.63) is 71.5 Å². The molecule has 0 bridgehead atoms. The van der Waals surface area contributed by atoms with Crippen LogP contribution in [0.15, 0.2) is 60.9 Å². The highest BCUT2D eigenvalue weighted by atomic mass is 35.5. The Bertz CT molecular complexity index is 1070. The van der Waals surface area contributed by atoms with E-state index in [1.54, 1.807) is 42.6 Å². The predicted molar refractivity (Wildman–Crippen MR) is 114 cm³/mol. The number of benzene rings is 2. The summed E-state index contributed by atoms with van der Waals surface area (Å²) in [7, 11) is 2.89. The molecule has 1 heterocycles. The molecule has 1 N–H and O–H groups in total. The van der Waals surface area contributed by atoms with Gasteiger partial charge in [0.25, 0.3) is 5.91 Å². The van der Waals surface area contributed by atoms with Crippen LogP contribution in [0.5, 0.6) is 23.0 Å². The predicted octanol–water partition coefficient (Wildman–Crippen LogP) is 4.34. The van der Waals surface area contributed by atoms with Crippen molar-refractivity contribution in [1.82, 2.24) is 4.98 Å². The summed E-state index contributed by atoms with van der Waals surface area (Å²) in [6.45, 7) is -0.520. The van der Waals surface area contributed by atoms with Crippen LogP contribution in [0.25, 0.3) is 0 Å². The zero-order chi connectivity index (χ0) is 22.2. The van der Waals surface area contributed by atoms with E-state index in [0.717, 1.165) is 0 Å². The van der Waals surface area contributed by atoms with Crippen LogP contribution < -0.4 is 19.5 Å². The Kier molecular flexibility index (Phi) is 7.29. The molecule has 1 amide bonds. The van der Waals surface area contributed by atoms with Gasteiger partial charge >= 0.3 is 5.97 Å². The van der Waals surface area contributed by atoms with E-state index in [9.17, 15) is 9.59 Å². The number of aromatic nitrogens is 1. The molecule has 0 aliphatic heterocycles. The van der Waals surface area contributed by atoms with E-state index in [2.05, 4.69) is 10.3 Å². The fraction of sp³-hybridized carbons (Fsp3) is 0.136. The Morgan fingerprint density at radius 1 is 1.00 bits per heavy atom. The highest BCUT2D eigenvalue weighted by Crippen LogP contribution is 2.35. The van der Waals surface area contributed by atoms with Gasteiger partial charge in [-0.1, -0.05) is 23.7 Å². The number of anilines is 1. The summed E-state index contributed by atoms with van der Waals surface area (Å²) in [4.78, 5) is 28.8. The average Bonchev–Trinajstić information content (AvgIpc) is 2.79. The van der Waals surface area contributed by atoms with Gasteiger partial charge in [-0.15, -0.1) is 0 Å². The monoisotopic (exact) mass is 442 g/mol. The third-order valence-corrected chi connectivity index (χ3v) is 4.35. The second-order valence-corrected chi connectivity index (χ2v) is 6.51. The summed E-state index contributed by atoms with van der Waals surface area (Å²) < 4.78 is 21.2. The number of nitrogens with one attached hydrogen (secondary N) is 1. The van der Waals surface area contributed by atoms with Crippen molar-refractivity contribution in [2.24, 2.45) is 0 Å². The molecule has 0 fully saturated rings. The number of halogens is 1. The molecule has 8 nitrogen and oxygen atoms in total. The highest BCUT2D eigenvalue weighted by Gasteiger charge is 2.17. The third-order valence-electron chi connectivity index (χ3n) is 4.05. The zero-order valence-electron chi connectivity index (χ0n) is 16.8. The number of amides is 1. The fourth-order valence-corrected chi connectivity index (χ4v) is 2.84. The zero-order valence-corrected chi connectivity index (χ0v) is 17.5. The SMILES string of the molecule is COc1cc(NC(=O)COC(=O)c2ccccc2Oc2cccnc2)c(OC)cc1Cl. The Morgan fingerprint density at radius 2 is 1.77 bits per heavy atom. The second kappa shape index (κ2) is 10.3. The minimum Gasteiger partial charge on any atom is -0.495 e. The van der Waals surface area contributed by atoms with E-state index in [4.69, 9.17) is 30.5 Å². The molecule has 0 atom stereocenters. The molecule has 0 saturated heterocycles. The topological polar surface area (TPSA) is 96.0 Å². The minimum atomic E-state index is -0.713. The Morgan fingerprint density at radius 3 is 2.48 bits per heavy atom. The number of carbonyl (C=O) groups is 2. The highest BCUT2D eigenvalue weighted by molar-refractivity contribution is 6.32. The molecule has 1 aromatic heterocycles. The van der Waals surface area contributed by atoms with Crippen LogP contribution in [0.4, 0.5) is 5.69 Å². The molecule has 3 aromatic rings. The van der Waals surface area contributed by atoms with E-state index >= 15 is 0 Å². The van der Waals surface area contributed by atoms with Crippen LogP contribution in [0.1, 0.15) is 10.4 Å². The summed E-state index contributed by atoms with van der Waals surface area (Å²) in [6.07, 6.45) is 3.13. The van der Waals surface area contributed by atoms with Gasteiger partial charge < -0.3 is 24.3 Å². The third kappa shape index (κ3) is 5.64. The lowest BCUT2D eigenvalue weighted by molar-refractivity contribution is -0.119. The Balaban J connectivity index is 1.66. The van der Waals surface area contributed by atoms with Gasteiger partial charge in [0.1, 0.15) is 28.6 Å². The first-order chi connectivity index (χ1) is 15.0. The van der Waals surface area contributed by atoms with Gasteiger partial charge in [-0.2, -0.15) is 0 Å². The molecule has 2 aromatic carbocycles. The largest absolute Gasteiger partial charge is 0.495 e. The molecule has 9 heteroatoms. The number of hydrogen-bond donors (Lipinski definition) is 1. The number of nitrogens with zero attached hydrogens (tertiary/aromatic N) is 1. The first-order valence-electron chi connectivity index (χ1n) is 9.07. The number of carbonyl (C=O) groups excluding carboxylic acids is 2. The maximum Gasteiger partial charge on any atom is 0.342 e. The van der Waals surface area contributed by atoms with Crippen molar-refractivity contribution in [2.45, 2.75) is 0 Å². The van der Waals surface area contributed by atoms with Crippen LogP contribution in [0.3, 0.4) is 0 Å². The van der Waals surface area contributed by atoms with Gasteiger partial charge in [0.05, 0.1) is 31.1 Å². The average molecular weight is 443 g/mol. The van der Waals surface area contributed by atoms with Gasteiger partial charge in [-0.25, -0.2) is 4.79 Å². The number of pyridine rings is 1. The van der Waals surface area contributed by atoms with Gasteiger partial charge in [0, 0.05) is 18.3 Å². The molecule has 0 radical (unpaired) electrons. The van der Waals surface area contributed by atoms with Crippen LogP contribution in [0, 0.1) is 0 Å². The number of esters is 1. The molecule has 3 rings (SSSR count). The smallest absolute Gasteiger partial charge is 0.342 e. The van der Waals surface area contributed by atoms with Crippen molar-refractivity contribution in [3.8, 4) is 23.0 Å². The molecule has 0 aliphatic rings. The minimum absolute atomic E-state index is 0.171. The lowest BCUT2D eigenvalue weighted by atomic mass is 10.2. The van der Waals surface area contributed by atoms with E-state index in [1.165, 1.54) is 32.5 Å². The van der Waals surface area contributed by atoms with Gasteiger partial charge in [0.2, 0.25) is 0 Å². The van der Waals surface area contributed by atoms with Crippen molar-refractivity contribution in [1.29, 1.82) is 0 Å². The second-order valence-electron chi connectivity index (χ2n) is 6.10. The normalized spacial score (nSPS) is 10.2. The van der Waals surface area contributed by atoms with Crippen LogP contribution >= 0.6 is 11.6 Å². The Hall–Kier alpha value is -3.78. The number of hydrogen-bond acceptors (Lipinski definition) is 7. The van der Waals surface area contributed by atoms with Crippen molar-refractivity contribution >= 4 is 29.2 Å². The number of ether oxygens (including phenoxy) is 4. The lowest BCUT2D eigenvalue weighted by Crippen LogP contribution is -2.21. The molecule has 0 spiro atoms. The summed E-state index contributed by atoms with van der Waals surface area (Å²) in [5.41, 5.74) is 0.495. The lowest BCUT2D eigenvalue weighted by Gasteiger charge is -2.14. The van der Waals surface area contributed by atoms with E-state index in [1.807, 2.05) is 0 Å². The van der Waals surface area contributed by atoms with Crippen LogP contribution in [-0.2, 0) is 9.53 Å². The summed E-state index contributed by atoms with van der Waals surface area (Å²) in [6, 6.07) is 13.0. The van der Waals surface area contributed by atoms with E-state index in [0.29, 0.717) is 28.0 Å². The maximum atomic E-state index is 12.5. The number of para-hydroxylation sites is 1. The van der Waals surface area contributed by atoms with E-state index in [-0.39, 0.29) is 11.3 Å². The quantitative estimate of drug-likeness (QED) is 0.518. The van der Waals surface area contributed by atoms with E-state index < -0.39 is 18.5 Å². The number of methoxy groups -OCH3 is 2. The van der Waals surface area contributed by atoms with Crippen molar-refractivity contribution in [2.75, 3.05) is 26.1 Å². The number of rotatable bonds is 8. The van der Waals surface area contributed by atoms with Crippen molar-refractivity contribution < 1.29 is 28.5 Å². The molecule has 0 saturated carbocycles. The maximum absolute atomic E-state index is 12.5.